The normalized spacial score (nSPS) is 19.4. The van der Waals surface area contributed by atoms with Crippen LogP contribution in [0.2, 0.25) is 0 Å². The first-order valence-electron chi connectivity index (χ1n) is 10.3. The van der Waals surface area contributed by atoms with E-state index in [-0.39, 0.29) is 36.5 Å². The largest absolute Gasteiger partial charge is 0.371 e. The highest BCUT2D eigenvalue weighted by Crippen LogP contribution is 2.28. The summed E-state index contributed by atoms with van der Waals surface area (Å²) in [6.07, 6.45) is 1.54. The van der Waals surface area contributed by atoms with Crippen molar-refractivity contribution in [1.29, 1.82) is 5.26 Å². The van der Waals surface area contributed by atoms with Crippen molar-refractivity contribution in [2.24, 2.45) is 5.92 Å². The Morgan fingerprint density at radius 1 is 1.10 bits per heavy atom. The van der Waals surface area contributed by atoms with Gasteiger partial charge in [-0.05, 0) is 49.2 Å². The number of nitrogens with zero attached hydrogens (tertiary/aromatic N) is 3. The number of hydrogen-bond donors (Lipinski definition) is 1. The molecule has 0 saturated carbocycles. The first-order chi connectivity index (χ1) is 14.9. The van der Waals surface area contributed by atoms with Crippen molar-refractivity contribution in [2.45, 2.75) is 25.3 Å². The Kier molecular flexibility index (Phi) is 5.85. The molecule has 2 fully saturated rings. The number of carbonyl (C=O) groups excluding carboxylic acids is 2. The third-order valence-corrected chi connectivity index (χ3v) is 5.90. The molecule has 2 aromatic carbocycles. The summed E-state index contributed by atoms with van der Waals surface area (Å²) in [5.41, 5.74) is 1.66. The standard InChI is InChI=1S/C23H22F2N4O2/c24-17-3-6-21(20(25)12-17)29-14-16(11-22(29)30)23(31)27-18-7-9-28(10-8-18)19-4-1-15(13-26)2-5-19/h1-6,12,16,18H,7-11,14H2,(H,27,31). The van der Waals surface area contributed by atoms with Crippen molar-refractivity contribution in [3.8, 4) is 6.07 Å². The molecule has 4 rings (SSSR count). The predicted molar refractivity (Wildman–Crippen MR) is 111 cm³/mol. The third-order valence-electron chi connectivity index (χ3n) is 5.90. The van der Waals surface area contributed by atoms with Crippen molar-refractivity contribution >= 4 is 23.2 Å². The number of hydrogen-bond acceptors (Lipinski definition) is 4. The van der Waals surface area contributed by atoms with Crippen molar-refractivity contribution in [3.05, 3.63) is 59.7 Å². The van der Waals surface area contributed by atoms with Crippen LogP contribution in [0.4, 0.5) is 20.2 Å². The second kappa shape index (κ2) is 8.72. The summed E-state index contributed by atoms with van der Waals surface area (Å²) in [6.45, 7) is 1.62. The van der Waals surface area contributed by atoms with Gasteiger partial charge in [-0.3, -0.25) is 9.59 Å². The van der Waals surface area contributed by atoms with Gasteiger partial charge < -0.3 is 15.1 Å². The Labute approximate surface area is 179 Å². The molecular weight excluding hydrogens is 402 g/mol. The van der Waals surface area contributed by atoms with Crippen LogP contribution in [0, 0.1) is 28.9 Å². The summed E-state index contributed by atoms with van der Waals surface area (Å²) in [5.74, 6) is -2.65. The number of anilines is 2. The van der Waals surface area contributed by atoms with Gasteiger partial charge in [-0.15, -0.1) is 0 Å². The number of carbonyl (C=O) groups is 2. The molecule has 2 heterocycles. The third kappa shape index (κ3) is 4.50. The van der Waals surface area contributed by atoms with Gasteiger partial charge in [0.15, 0.2) is 0 Å². The van der Waals surface area contributed by atoms with Crippen LogP contribution in [-0.4, -0.2) is 37.5 Å². The summed E-state index contributed by atoms with van der Waals surface area (Å²) >= 11 is 0. The van der Waals surface area contributed by atoms with Crippen LogP contribution in [0.5, 0.6) is 0 Å². The molecule has 2 saturated heterocycles. The molecule has 1 atom stereocenters. The molecule has 2 aliphatic rings. The highest BCUT2D eigenvalue weighted by molar-refractivity contribution is 6.00. The van der Waals surface area contributed by atoms with E-state index in [2.05, 4.69) is 16.3 Å². The molecule has 1 unspecified atom stereocenters. The van der Waals surface area contributed by atoms with Gasteiger partial charge in [-0.25, -0.2) is 8.78 Å². The number of piperidine rings is 1. The van der Waals surface area contributed by atoms with Gasteiger partial charge in [0.1, 0.15) is 11.6 Å². The van der Waals surface area contributed by atoms with Crippen LogP contribution < -0.4 is 15.1 Å². The van der Waals surface area contributed by atoms with E-state index < -0.39 is 17.6 Å². The topological polar surface area (TPSA) is 76.4 Å². The van der Waals surface area contributed by atoms with Gasteiger partial charge in [0.25, 0.3) is 0 Å². The van der Waals surface area contributed by atoms with Gasteiger partial charge in [0.05, 0.1) is 23.2 Å². The monoisotopic (exact) mass is 424 g/mol. The lowest BCUT2D eigenvalue weighted by atomic mass is 10.0. The fraction of sp³-hybridized carbons (Fsp3) is 0.348. The Morgan fingerprint density at radius 2 is 1.81 bits per heavy atom. The maximum absolute atomic E-state index is 14.0. The summed E-state index contributed by atoms with van der Waals surface area (Å²) in [7, 11) is 0. The zero-order valence-electron chi connectivity index (χ0n) is 16.9. The number of nitrogens with one attached hydrogen (secondary N) is 1. The maximum atomic E-state index is 14.0. The second-order valence-electron chi connectivity index (χ2n) is 7.93. The van der Waals surface area contributed by atoms with Crippen molar-refractivity contribution in [3.63, 3.8) is 0 Å². The van der Waals surface area contributed by atoms with Crippen molar-refractivity contribution in [2.75, 3.05) is 29.4 Å². The average molecular weight is 424 g/mol. The number of rotatable bonds is 4. The molecule has 0 aromatic heterocycles. The molecule has 0 radical (unpaired) electrons. The molecule has 0 aliphatic carbocycles. The summed E-state index contributed by atoms with van der Waals surface area (Å²) in [6, 6.07) is 12.6. The summed E-state index contributed by atoms with van der Waals surface area (Å²) < 4.78 is 27.2. The molecule has 160 valence electrons. The Hall–Kier alpha value is -3.47. The minimum atomic E-state index is -0.815. The lowest BCUT2D eigenvalue weighted by Crippen LogP contribution is -2.46. The average Bonchev–Trinajstić information content (AvgIpc) is 3.16. The second-order valence-corrected chi connectivity index (χ2v) is 7.93. The number of benzene rings is 2. The van der Waals surface area contributed by atoms with Gasteiger partial charge in [0.2, 0.25) is 11.8 Å². The minimum Gasteiger partial charge on any atom is -0.371 e. The molecule has 2 aliphatic heterocycles. The molecule has 31 heavy (non-hydrogen) atoms. The Bertz CT molecular complexity index is 1030. The van der Waals surface area contributed by atoms with E-state index in [0.29, 0.717) is 5.56 Å². The van der Waals surface area contributed by atoms with E-state index in [0.717, 1.165) is 43.8 Å². The van der Waals surface area contributed by atoms with Crippen LogP contribution in [0.15, 0.2) is 42.5 Å². The van der Waals surface area contributed by atoms with Crippen molar-refractivity contribution < 1.29 is 18.4 Å². The van der Waals surface area contributed by atoms with Crippen LogP contribution in [0.3, 0.4) is 0 Å². The van der Waals surface area contributed by atoms with Crippen molar-refractivity contribution in [1.82, 2.24) is 5.32 Å². The smallest absolute Gasteiger partial charge is 0.227 e. The molecular formula is C23H22F2N4O2. The Morgan fingerprint density at radius 3 is 2.45 bits per heavy atom. The molecule has 0 bridgehead atoms. The fourth-order valence-electron chi connectivity index (χ4n) is 4.16. The van der Waals surface area contributed by atoms with E-state index in [4.69, 9.17) is 5.26 Å². The zero-order valence-corrected chi connectivity index (χ0v) is 16.9. The number of amides is 2. The number of nitriles is 1. The van der Waals surface area contributed by atoms with E-state index in [9.17, 15) is 18.4 Å². The van der Waals surface area contributed by atoms with Gasteiger partial charge in [-0.1, -0.05) is 0 Å². The van der Waals surface area contributed by atoms with Crippen LogP contribution in [0.1, 0.15) is 24.8 Å². The highest BCUT2D eigenvalue weighted by Gasteiger charge is 2.37. The molecule has 0 spiro atoms. The van der Waals surface area contributed by atoms with Crippen LogP contribution >= 0.6 is 0 Å². The van der Waals surface area contributed by atoms with E-state index >= 15 is 0 Å². The lowest BCUT2D eigenvalue weighted by Gasteiger charge is -2.34. The van der Waals surface area contributed by atoms with Crippen LogP contribution in [0.25, 0.3) is 0 Å². The first-order valence-corrected chi connectivity index (χ1v) is 10.3. The van der Waals surface area contributed by atoms with E-state index in [1.807, 2.05) is 12.1 Å². The molecule has 8 heteroatoms. The molecule has 6 nitrogen and oxygen atoms in total. The predicted octanol–water partition coefficient (Wildman–Crippen LogP) is 2.97. The molecule has 2 amide bonds. The van der Waals surface area contributed by atoms with E-state index in [1.165, 1.54) is 11.0 Å². The van der Waals surface area contributed by atoms with Gasteiger partial charge in [-0.2, -0.15) is 5.26 Å². The summed E-state index contributed by atoms with van der Waals surface area (Å²) in [5, 5.41) is 11.9. The maximum Gasteiger partial charge on any atom is 0.227 e. The van der Waals surface area contributed by atoms with Gasteiger partial charge >= 0.3 is 0 Å². The Balaban J connectivity index is 1.31. The molecule has 2 aromatic rings. The highest BCUT2D eigenvalue weighted by atomic mass is 19.1. The summed E-state index contributed by atoms with van der Waals surface area (Å²) in [4.78, 5) is 28.5. The lowest BCUT2D eigenvalue weighted by molar-refractivity contribution is -0.127. The van der Waals surface area contributed by atoms with Gasteiger partial charge in [0, 0.05) is 43.9 Å². The van der Waals surface area contributed by atoms with E-state index in [1.54, 1.807) is 12.1 Å². The minimum absolute atomic E-state index is 0.00238. The molecule has 1 N–H and O–H groups in total. The SMILES string of the molecule is N#Cc1ccc(N2CCC(NC(=O)C3CC(=O)N(c4ccc(F)cc4F)C3)CC2)cc1. The first kappa shape index (κ1) is 20.8. The quantitative estimate of drug-likeness (QED) is 0.819. The zero-order chi connectivity index (χ0) is 22.0. The fourth-order valence-corrected chi connectivity index (χ4v) is 4.16. The number of halogens is 2. The van der Waals surface area contributed by atoms with Crippen LogP contribution in [-0.2, 0) is 9.59 Å².